The van der Waals surface area contributed by atoms with Crippen LogP contribution >= 0.6 is 0 Å². The minimum atomic E-state index is -0.00450. The monoisotopic (exact) mass is 377 g/mol. The third kappa shape index (κ3) is 4.58. The number of aromatic nitrogens is 2. The van der Waals surface area contributed by atoms with Gasteiger partial charge in [0.05, 0.1) is 25.4 Å². The van der Waals surface area contributed by atoms with Crippen LogP contribution in [-0.2, 0) is 35.8 Å². The average molecular weight is 377 g/mol. The highest BCUT2D eigenvalue weighted by molar-refractivity contribution is 5.77. The summed E-state index contributed by atoms with van der Waals surface area (Å²) in [4.78, 5) is 14.3. The zero-order valence-electron chi connectivity index (χ0n) is 15.7. The highest BCUT2D eigenvalue weighted by atomic mass is 16.5. The Kier molecular flexibility index (Phi) is 5.68. The molecule has 0 fully saturated rings. The van der Waals surface area contributed by atoms with E-state index in [2.05, 4.69) is 5.10 Å². The third-order valence-electron chi connectivity index (χ3n) is 4.69. The zero-order chi connectivity index (χ0) is 19.2. The van der Waals surface area contributed by atoms with E-state index in [4.69, 9.17) is 9.47 Å². The van der Waals surface area contributed by atoms with Gasteiger partial charge in [0.15, 0.2) is 0 Å². The number of carbonyl (C=O) groups is 1. The molecule has 28 heavy (non-hydrogen) atoms. The number of benzene rings is 2. The molecule has 1 aliphatic heterocycles. The van der Waals surface area contributed by atoms with Crippen molar-refractivity contribution >= 4 is 5.91 Å². The molecule has 2 aromatic carbocycles. The number of hydrogen-bond acceptors (Lipinski definition) is 4. The van der Waals surface area contributed by atoms with Crippen LogP contribution in [0.25, 0.3) is 0 Å². The number of amides is 1. The van der Waals surface area contributed by atoms with Crippen molar-refractivity contribution in [3.05, 3.63) is 83.6 Å². The lowest BCUT2D eigenvalue weighted by atomic mass is 10.2. The van der Waals surface area contributed by atoms with Crippen molar-refractivity contribution in [3.8, 4) is 5.88 Å². The lowest BCUT2D eigenvalue weighted by Crippen LogP contribution is -2.40. The maximum atomic E-state index is 12.5. The Bertz CT molecular complexity index is 909. The molecule has 1 amide bonds. The molecule has 6 heteroatoms. The normalized spacial score (nSPS) is 13.2. The number of carbonyl (C=O) groups excluding carboxylic acids is 1. The third-order valence-corrected chi connectivity index (χ3v) is 4.69. The number of rotatable bonds is 7. The smallest absolute Gasteiger partial charge is 0.248 e. The SMILES string of the molecule is O=C(COCc1ccccc1)N1CCn2nc(OCc3ccccc3)cc2C1. The van der Waals surface area contributed by atoms with Crippen LogP contribution in [0.4, 0.5) is 0 Å². The first-order chi connectivity index (χ1) is 13.8. The molecule has 0 saturated heterocycles. The molecule has 3 aromatic rings. The van der Waals surface area contributed by atoms with Crippen molar-refractivity contribution in [1.82, 2.24) is 14.7 Å². The van der Waals surface area contributed by atoms with E-state index in [0.717, 1.165) is 16.8 Å². The second-order valence-corrected chi connectivity index (χ2v) is 6.77. The Labute approximate surface area is 164 Å². The van der Waals surface area contributed by atoms with Gasteiger partial charge in [-0.05, 0) is 11.1 Å². The molecule has 144 valence electrons. The van der Waals surface area contributed by atoms with E-state index in [1.54, 1.807) is 0 Å². The molecule has 0 saturated carbocycles. The Morgan fingerprint density at radius 2 is 1.61 bits per heavy atom. The van der Waals surface area contributed by atoms with Crippen LogP contribution in [0.5, 0.6) is 5.88 Å². The average Bonchev–Trinajstić information content (AvgIpc) is 3.16. The standard InChI is InChI=1S/C22H23N3O3/c26-22(17-27-15-18-7-3-1-4-8-18)24-11-12-25-20(14-24)13-21(23-25)28-16-19-9-5-2-6-10-19/h1-10,13H,11-12,14-17H2. The summed E-state index contributed by atoms with van der Waals surface area (Å²) in [6.07, 6.45) is 0. The van der Waals surface area contributed by atoms with Gasteiger partial charge in [0.1, 0.15) is 13.2 Å². The maximum Gasteiger partial charge on any atom is 0.248 e. The van der Waals surface area contributed by atoms with Crippen molar-refractivity contribution in [3.63, 3.8) is 0 Å². The molecule has 0 radical (unpaired) electrons. The van der Waals surface area contributed by atoms with Crippen molar-refractivity contribution in [2.75, 3.05) is 13.2 Å². The summed E-state index contributed by atoms with van der Waals surface area (Å²) < 4.78 is 13.3. The molecule has 0 atom stereocenters. The lowest BCUT2D eigenvalue weighted by molar-refractivity contribution is -0.138. The molecule has 2 heterocycles. The summed E-state index contributed by atoms with van der Waals surface area (Å²) in [5, 5.41) is 4.49. The highest BCUT2D eigenvalue weighted by Gasteiger charge is 2.22. The van der Waals surface area contributed by atoms with Crippen LogP contribution in [0.1, 0.15) is 16.8 Å². The first-order valence-electron chi connectivity index (χ1n) is 9.41. The van der Waals surface area contributed by atoms with Gasteiger partial charge < -0.3 is 14.4 Å². The minimum absolute atomic E-state index is 0.00450. The number of fused-ring (bicyclic) bond motifs is 1. The van der Waals surface area contributed by atoms with Crippen LogP contribution in [-0.4, -0.2) is 33.7 Å². The molecule has 0 unspecified atom stereocenters. The molecule has 0 spiro atoms. The molecule has 1 aromatic heterocycles. The number of hydrogen-bond donors (Lipinski definition) is 0. The summed E-state index contributed by atoms with van der Waals surface area (Å²) in [5.41, 5.74) is 3.14. The van der Waals surface area contributed by atoms with Crippen molar-refractivity contribution in [1.29, 1.82) is 0 Å². The van der Waals surface area contributed by atoms with Crippen molar-refractivity contribution in [2.45, 2.75) is 26.3 Å². The van der Waals surface area contributed by atoms with Gasteiger partial charge in [0.25, 0.3) is 0 Å². The van der Waals surface area contributed by atoms with Gasteiger partial charge in [-0.1, -0.05) is 60.7 Å². The number of nitrogens with zero attached hydrogens (tertiary/aromatic N) is 3. The Morgan fingerprint density at radius 3 is 2.32 bits per heavy atom. The molecule has 1 aliphatic rings. The van der Waals surface area contributed by atoms with Crippen LogP contribution in [0.15, 0.2) is 66.7 Å². The van der Waals surface area contributed by atoms with Gasteiger partial charge in [-0.2, -0.15) is 0 Å². The molecule has 4 rings (SSSR count). The van der Waals surface area contributed by atoms with Gasteiger partial charge in [-0.25, -0.2) is 0 Å². The summed E-state index contributed by atoms with van der Waals surface area (Å²) in [6.45, 7) is 2.81. The fourth-order valence-corrected chi connectivity index (χ4v) is 3.18. The van der Waals surface area contributed by atoms with E-state index in [-0.39, 0.29) is 12.5 Å². The predicted octanol–water partition coefficient (Wildman–Crippen LogP) is 3.02. The maximum absolute atomic E-state index is 12.5. The fourth-order valence-electron chi connectivity index (χ4n) is 3.18. The van der Waals surface area contributed by atoms with Crippen molar-refractivity contribution in [2.24, 2.45) is 0 Å². The molecule has 0 N–H and O–H groups in total. The van der Waals surface area contributed by atoms with E-state index in [1.807, 2.05) is 76.3 Å². The summed E-state index contributed by atoms with van der Waals surface area (Å²) in [6, 6.07) is 21.8. The van der Waals surface area contributed by atoms with Crippen LogP contribution in [0, 0.1) is 0 Å². The highest BCUT2D eigenvalue weighted by Crippen LogP contribution is 2.19. The summed E-state index contributed by atoms with van der Waals surface area (Å²) in [5.74, 6) is 0.587. The molecular formula is C22H23N3O3. The topological polar surface area (TPSA) is 56.6 Å². The summed E-state index contributed by atoms with van der Waals surface area (Å²) in [7, 11) is 0. The quantitative estimate of drug-likeness (QED) is 0.635. The first kappa shape index (κ1) is 18.3. The Hall–Kier alpha value is -3.12. The molecule has 6 nitrogen and oxygen atoms in total. The van der Waals surface area contributed by atoms with Gasteiger partial charge >= 0.3 is 0 Å². The van der Waals surface area contributed by atoms with Crippen molar-refractivity contribution < 1.29 is 14.3 Å². The van der Waals surface area contributed by atoms with Gasteiger partial charge in [0.2, 0.25) is 11.8 Å². The number of ether oxygens (including phenoxy) is 2. The van der Waals surface area contributed by atoms with Gasteiger partial charge in [0, 0.05) is 12.6 Å². The second-order valence-electron chi connectivity index (χ2n) is 6.77. The largest absolute Gasteiger partial charge is 0.472 e. The lowest BCUT2D eigenvalue weighted by Gasteiger charge is -2.27. The summed E-state index contributed by atoms with van der Waals surface area (Å²) >= 11 is 0. The molecule has 0 aliphatic carbocycles. The predicted molar refractivity (Wildman–Crippen MR) is 105 cm³/mol. The Balaban J connectivity index is 1.28. The molecular weight excluding hydrogens is 354 g/mol. The van der Waals surface area contributed by atoms with E-state index >= 15 is 0 Å². The first-order valence-corrected chi connectivity index (χ1v) is 9.41. The molecule has 0 bridgehead atoms. The van der Waals surface area contributed by atoms with Crippen LogP contribution in [0.2, 0.25) is 0 Å². The second kappa shape index (κ2) is 8.71. The van der Waals surface area contributed by atoms with Crippen LogP contribution < -0.4 is 4.74 Å². The Morgan fingerprint density at radius 1 is 0.929 bits per heavy atom. The minimum Gasteiger partial charge on any atom is -0.472 e. The zero-order valence-corrected chi connectivity index (χ0v) is 15.7. The van der Waals surface area contributed by atoms with Gasteiger partial charge in [-0.3, -0.25) is 9.48 Å². The van der Waals surface area contributed by atoms with E-state index in [0.29, 0.717) is 38.7 Å². The van der Waals surface area contributed by atoms with Gasteiger partial charge in [-0.15, -0.1) is 5.10 Å². The van der Waals surface area contributed by atoms with Crippen LogP contribution in [0.3, 0.4) is 0 Å². The fraction of sp³-hybridized carbons (Fsp3) is 0.273. The van der Waals surface area contributed by atoms with E-state index in [1.165, 1.54) is 0 Å². The van der Waals surface area contributed by atoms with E-state index < -0.39 is 0 Å². The van der Waals surface area contributed by atoms with E-state index in [9.17, 15) is 4.79 Å².